The first kappa shape index (κ1) is 19.1. The molecule has 1 saturated heterocycles. The molecule has 1 aliphatic heterocycles. The van der Waals surface area contributed by atoms with Gasteiger partial charge in [-0.2, -0.15) is 8.78 Å². The topological polar surface area (TPSA) is 78.9 Å². The Kier molecular flexibility index (Phi) is 7.18. The second kappa shape index (κ2) is 8.64. The summed E-state index contributed by atoms with van der Waals surface area (Å²) in [5.74, 6) is -1.58. The van der Waals surface area contributed by atoms with Crippen molar-refractivity contribution in [3.63, 3.8) is 0 Å². The van der Waals surface area contributed by atoms with Crippen LogP contribution in [0.25, 0.3) is 0 Å². The third-order valence-corrected chi connectivity index (χ3v) is 3.37. The predicted molar refractivity (Wildman–Crippen MR) is 81.2 cm³/mol. The molecule has 23 heavy (non-hydrogen) atoms. The van der Waals surface area contributed by atoms with Gasteiger partial charge in [-0.3, -0.25) is 14.5 Å². The van der Waals surface area contributed by atoms with E-state index >= 15 is 0 Å². The van der Waals surface area contributed by atoms with Crippen LogP contribution in [0.3, 0.4) is 0 Å². The van der Waals surface area contributed by atoms with Gasteiger partial charge >= 0.3 is 12.6 Å². The number of ether oxygens (including phenoxy) is 1. The Morgan fingerprint density at radius 2 is 2.09 bits per heavy atom. The average molecular weight is 351 g/mol. The fraction of sp³-hybridized carbons (Fsp3) is 0.429. The summed E-state index contributed by atoms with van der Waals surface area (Å²) in [7, 11) is 0. The molecule has 0 saturated carbocycles. The molecule has 1 unspecified atom stereocenters. The Hall–Kier alpha value is -1.93. The van der Waals surface area contributed by atoms with Gasteiger partial charge in [-0.25, -0.2) is 0 Å². The standard InChI is InChI=1S/C14H16F2N2O4.ClH/c15-14(16)22-11-6-2-1-4-9(11)17-12(19)8-18-7-3-5-10(18)13(20)21;/h1-2,4,6,10,14H,3,5,7-8H2,(H,17,19)(H,20,21);1H. The number of carbonyl (C=O) groups excluding carboxylic acids is 1. The molecular weight excluding hydrogens is 334 g/mol. The predicted octanol–water partition coefficient (Wildman–Crippen LogP) is 2.20. The Labute approximate surface area is 137 Å². The van der Waals surface area contributed by atoms with Gasteiger partial charge in [0.05, 0.1) is 12.2 Å². The Bertz CT molecular complexity index is 559. The molecular formula is C14H17ClF2N2O4. The quantitative estimate of drug-likeness (QED) is 0.822. The largest absolute Gasteiger partial charge is 0.480 e. The van der Waals surface area contributed by atoms with Crippen LogP contribution in [0.2, 0.25) is 0 Å². The van der Waals surface area contributed by atoms with E-state index in [9.17, 15) is 18.4 Å². The minimum atomic E-state index is -2.99. The van der Waals surface area contributed by atoms with E-state index in [4.69, 9.17) is 5.11 Å². The minimum absolute atomic E-state index is 0. The molecule has 1 heterocycles. The molecule has 1 fully saturated rings. The lowest BCUT2D eigenvalue weighted by molar-refractivity contribution is -0.142. The van der Waals surface area contributed by atoms with E-state index in [-0.39, 0.29) is 30.4 Å². The molecule has 2 rings (SSSR count). The number of benzene rings is 1. The summed E-state index contributed by atoms with van der Waals surface area (Å²) >= 11 is 0. The second-order valence-corrected chi connectivity index (χ2v) is 4.89. The highest BCUT2D eigenvalue weighted by Gasteiger charge is 2.31. The summed E-state index contributed by atoms with van der Waals surface area (Å²) < 4.78 is 28.9. The summed E-state index contributed by atoms with van der Waals surface area (Å²) in [6.07, 6.45) is 1.20. The number of anilines is 1. The molecule has 1 aliphatic rings. The average Bonchev–Trinajstić information content (AvgIpc) is 2.88. The van der Waals surface area contributed by atoms with Crippen LogP contribution in [-0.4, -0.2) is 47.6 Å². The number of aliphatic carboxylic acids is 1. The molecule has 0 aromatic heterocycles. The van der Waals surface area contributed by atoms with Crippen LogP contribution in [0.5, 0.6) is 5.75 Å². The van der Waals surface area contributed by atoms with Crippen LogP contribution < -0.4 is 10.1 Å². The number of hydrogen-bond donors (Lipinski definition) is 2. The van der Waals surface area contributed by atoms with Crippen LogP contribution in [0.4, 0.5) is 14.5 Å². The van der Waals surface area contributed by atoms with Crippen molar-refractivity contribution in [1.82, 2.24) is 4.90 Å². The first-order valence-electron chi connectivity index (χ1n) is 6.78. The number of carbonyl (C=O) groups is 2. The Balaban J connectivity index is 0.00000264. The van der Waals surface area contributed by atoms with Crippen molar-refractivity contribution >= 4 is 30.0 Å². The van der Waals surface area contributed by atoms with Crippen LogP contribution in [0, 0.1) is 0 Å². The molecule has 2 N–H and O–H groups in total. The van der Waals surface area contributed by atoms with Crippen LogP contribution in [-0.2, 0) is 9.59 Å². The minimum Gasteiger partial charge on any atom is -0.480 e. The maximum atomic E-state index is 12.3. The molecule has 9 heteroatoms. The van der Waals surface area contributed by atoms with Crippen LogP contribution >= 0.6 is 12.4 Å². The summed E-state index contributed by atoms with van der Waals surface area (Å²) in [4.78, 5) is 24.6. The summed E-state index contributed by atoms with van der Waals surface area (Å²) in [5, 5.41) is 11.5. The number of para-hydroxylation sites is 2. The van der Waals surface area contributed by atoms with Gasteiger partial charge in [-0.15, -0.1) is 12.4 Å². The van der Waals surface area contributed by atoms with E-state index in [0.717, 1.165) is 0 Å². The maximum absolute atomic E-state index is 12.3. The number of nitrogens with zero attached hydrogens (tertiary/aromatic N) is 1. The number of halogens is 3. The first-order chi connectivity index (χ1) is 10.5. The van der Waals surface area contributed by atoms with Crippen molar-refractivity contribution < 1.29 is 28.2 Å². The third-order valence-electron chi connectivity index (χ3n) is 3.37. The number of alkyl halides is 2. The van der Waals surface area contributed by atoms with Crippen molar-refractivity contribution in [2.24, 2.45) is 0 Å². The number of rotatable bonds is 6. The fourth-order valence-corrected chi connectivity index (χ4v) is 2.44. The van der Waals surface area contributed by atoms with Crippen molar-refractivity contribution in [2.45, 2.75) is 25.5 Å². The highest BCUT2D eigenvalue weighted by atomic mass is 35.5. The SMILES string of the molecule is Cl.O=C(CN1CCCC1C(=O)O)Nc1ccccc1OC(F)F. The van der Waals surface area contributed by atoms with Crippen LogP contribution in [0.15, 0.2) is 24.3 Å². The molecule has 0 spiro atoms. The number of amides is 1. The molecule has 0 bridgehead atoms. The zero-order valence-corrected chi connectivity index (χ0v) is 12.9. The molecule has 128 valence electrons. The number of carboxylic acids is 1. The number of likely N-dealkylation sites (tertiary alicyclic amines) is 1. The fourth-order valence-electron chi connectivity index (χ4n) is 2.44. The lowest BCUT2D eigenvalue weighted by atomic mass is 10.2. The van der Waals surface area contributed by atoms with E-state index in [0.29, 0.717) is 19.4 Å². The van der Waals surface area contributed by atoms with Crippen molar-refractivity contribution in [1.29, 1.82) is 0 Å². The number of nitrogens with one attached hydrogen (secondary N) is 1. The molecule has 1 aromatic rings. The normalized spacial score (nSPS) is 17.6. The van der Waals surface area contributed by atoms with Gasteiger partial charge in [0.1, 0.15) is 11.8 Å². The highest BCUT2D eigenvalue weighted by Crippen LogP contribution is 2.25. The molecule has 0 aliphatic carbocycles. The molecule has 6 nitrogen and oxygen atoms in total. The van der Waals surface area contributed by atoms with Crippen molar-refractivity contribution in [2.75, 3.05) is 18.4 Å². The lowest BCUT2D eigenvalue weighted by Crippen LogP contribution is -2.40. The Morgan fingerprint density at radius 3 is 2.74 bits per heavy atom. The van der Waals surface area contributed by atoms with Gasteiger partial charge in [0.2, 0.25) is 5.91 Å². The van der Waals surface area contributed by atoms with Gasteiger partial charge in [0, 0.05) is 0 Å². The van der Waals surface area contributed by atoms with E-state index in [2.05, 4.69) is 10.1 Å². The van der Waals surface area contributed by atoms with E-state index in [1.807, 2.05) is 0 Å². The first-order valence-corrected chi connectivity index (χ1v) is 6.78. The summed E-state index contributed by atoms with van der Waals surface area (Å²) in [5.41, 5.74) is 0.124. The summed E-state index contributed by atoms with van der Waals surface area (Å²) in [6.45, 7) is -2.59. The third kappa shape index (κ3) is 5.33. The number of hydrogen-bond acceptors (Lipinski definition) is 4. The highest BCUT2D eigenvalue weighted by molar-refractivity contribution is 5.94. The van der Waals surface area contributed by atoms with Gasteiger partial charge in [-0.1, -0.05) is 12.1 Å². The van der Waals surface area contributed by atoms with Crippen molar-refractivity contribution in [3.8, 4) is 5.75 Å². The Morgan fingerprint density at radius 1 is 1.39 bits per heavy atom. The van der Waals surface area contributed by atoms with Gasteiger partial charge in [-0.05, 0) is 31.5 Å². The number of carboxylic acid groups (broad SMARTS) is 1. The molecule has 0 radical (unpaired) electrons. The van der Waals surface area contributed by atoms with Crippen molar-refractivity contribution in [3.05, 3.63) is 24.3 Å². The second-order valence-electron chi connectivity index (χ2n) is 4.89. The van der Waals surface area contributed by atoms with E-state index < -0.39 is 24.5 Å². The van der Waals surface area contributed by atoms with E-state index in [1.54, 1.807) is 11.0 Å². The maximum Gasteiger partial charge on any atom is 0.387 e. The van der Waals surface area contributed by atoms with Crippen LogP contribution in [0.1, 0.15) is 12.8 Å². The lowest BCUT2D eigenvalue weighted by Gasteiger charge is -2.20. The molecule has 1 amide bonds. The van der Waals surface area contributed by atoms with Gasteiger partial charge in [0.15, 0.2) is 0 Å². The summed E-state index contributed by atoms with van der Waals surface area (Å²) in [6, 6.07) is 5.16. The smallest absolute Gasteiger partial charge is 0.387 e. The zero-order valence-electron chi connectivity index (χ0n) is 12.1. The monoisotopic (exact) mass is 350 g/mol. The van der Waals surface area contributed by atoms with Gasteiger partial charge < -0.3 is 15.2 Å². The molecule has 1 atom stereocenters. The van der Waals surface area contributed by atoms with E-state index in [1.165, 1.54) is 18.2 Å². The zero-order chi connectivity index (χ0) is 16.1. The molecule has 1 aromatic carbocycles. The van der Waals surface area contributed by atoms with Gasteiger partial charge in [0.25, 0.3) is 0 Å².